The number of hydrogen-bond donors (Lipinski definition) is 2. The molecular formula is C19H16ClF2N3O5. The molecular weight excluding hydrogens is 424 g/mol. The van der Waals surface area contributed by atoms with Crippen LogP contribution in [0.15, 0.2) is 24.3 Å². The van der Waals surface area contributed by atoms with Crippen LogP contribution in [0.3, 0.4) is 0 Å². The van der Waals surface area contributed by atoms with Crippen molar-refractivity contribution in [3.63, 3.8) is 0 Å². The summed E-state index contributed by atoms with van der Waals surface area (Å²) in [5.41, 5.74) is 0.513. The number of imidazole rings is 1. The molecule has 158 valence electrons. The molecule has 2 aliphatic rings. The minimum Gasteiger partial charge on any atom is -0.471 e. The smallest absolute Gasteiger partial charge is 0.296 e. The number of hydrogen-bond acceptors (Lipinski definition) is 7. The molecule has 5 rings (SSSR count). The summed E-state index contributed by atoms with van der Waals surface area (Å²) in [6, 6.07) is 5.25. The van der Waals surface area contributed by atoms with Crippen LogP contribution in [0.1, 0.15) is 5.56 Å². The summed E-state index contributed by atoms with van der Waals surface area (Å²) in [6.45, 7) is 0.0582. The summed E-state index contributed by atoms with van der Waals surface area (Å²) in [4.78, 5) is 11.4. The van der Waals surface area contributed by atoms with Crippen molar-refractivity contribution >= 4 is 22.8 Å². The van der Waals surface area contributed by atoms with Crippen molar-refractivity contribution < 1.29 is 32.8 Å². The lowest BCUT2D eigenvalue weighted by atomic mass is 10.1. The van der Waals surface area contributed by atoms with Gasteiger partial charge in [0, 0.05) is 0 Å². The predicted octanol–water partition coefficient (Wildman–Crippen LogP) is 2.37. The number of rotatable bonds is 5. The zero-order chi connectivity index (χ0) is 20.8. The van der Waals surface area contributed by atoms with E-state index in [1.54, 1.807) is 0 Å². The Morgan fingerprint density at radius 3 is 2.73 bits per heavy atom. The minimum absolute atomic E-state index is 0.0172. The molecule has 0 radical (unpaired) electrons. The molecule has 2 N–H and O–H groups in total. The highest BCUT2D eigenvalue weighted by Gasteiger charge is 2.48. The lowest BCUT2D eigenvalue weighted by Gasteiger charge is -2.15. The van der Waals surface area contributed by atoms with E-state index in [2.05, 4.69) is 15.0 Å². The fourth-order valence-corrected chi connectivity index (χ4v) is 3.74. The number of aromatic amines is 1. The molecule has 4 heterocycles. The number of H-pyrrole nitrogens is 1. The summed E-state index contributed by atoms with van der Waals surface area (Å²) in [5.74, 6) is -1.46. The number of benzene rings is 1. The van der Waals surface area contributed by atoms with Crippen molar-refractivity contribution in [1.29, 1.82) is 0 Å². The average Bonchev–Trinajstić information content (AvgIpc) is 3.39. The molecule has 2 saturated heterocycles. The van der Waals surface area contributed by atoms with E-state index in [9.17, 15) is 13.9 Å². The Kier molecular flexibility index (Phi) is 4.94. The third kappa shape index (κ3) is 3.45. The lowest BCUT2D eigenvalue weighted by Crippen LogP contribution is -2.34. The van der Waals surface area contributed by atoms with Gasteiger partial charge >= 0.3 is 0 Å². The van der Waals surface area contributed by atoms with Crippen molar-refractivity contribution in [3.8, 4) is 11.9 Å². The Hall–Kier alpha value is -2.53. The average molecular weight is 440 g/mol. The zero-order valence-corrected chi connectivity index (χ0v) is 16.1. The van der Waals surface area contributed by atoms with Crippen molar-refractivity contribution in [1.82, 2.24) is 15.0 Å². The Morgan fingerprint density at radius 1 is 1.17 bits per heavy atom. The third-order valence-corrected chi connectivity index (χ3v) is 5.30. The van der Waals surface area contributed by atoms with Crippen LogP contribution in [0.2, 0.25) is 5.02 Å². The molecule has 0 saturated carbocycles. The highest BCUT2D eigenvalue weighted by atomic mass is 35.5. The van der Waals surface area contributed by atoms with Gasteiger partial charge in [-0.2, -0.15) is 9.97 Å². The summed E-state index contributed by atoms with van der Waals surface area (Å²) >= 11 is 6.19. The first kappa shape index (κ1) is 19.4. The van der Waals surface area contributed by atoms with Gasteiger partial charge in [-0.05, 0) is 18.2 Å². The molecule has 30 heavy (non-hydrogen) atoms. The van der Waals surface area contributed by atoms with E-state index in [1.807, 2.05) is 0 Å². The number of aliphatic hydroxyl groups is 1. The second-order valence-corrected chi connectivity index (χ2v) is 7.40. The topological polar surface area (TPSA) is 98.7 Å². The molecule has 2 aliphatic heterocycles. The van der Waals surface area contributed by atoms with Crippen LogP contribution in [0.25, 0.3) is 11.2 Å². The number of aromatic nitrogens is 3. The van der Waals surface area contributed by atoms with Crippen LogP contribution in [0, 0.1) is 11.6 Å². The zero-order valence-electron chi connectivity index (χ0n) is 15.3. The largest absolute Gasteiger partial charge is 0.471 e. The first-order valence-electron chi connectivity index (χ1n) is 9.19. The van der Waals surface area contributed by atoms with Gasteiger partial charge in [0.25, 0.3) is 6.01 Å². The molecule has 8 nitrogen and oxygen atoms in total. The van der Waals surface area contributed by atoms with Crippen molar-refractivity contribution in [2.24, 2.45) is 0 Å². The van der Waals surface area contributed by atoms with Crippen LogP contribution in [0.4, 0.5) is 8.78 Å². The van der Waals surface area contributed by atoms with Crippen LogP contribution in [0.5, 0.6) is 11.9 Å². The maximum Gasteiger partial charge on any atom is 0.296 e. The van der Waals surface area contributed by atoms with Crippen molar-refractivity contribution in [2.45, 2.75) is 31.0 Å². The number of halogens is 3. The summed E-state index contributed by atoms with van der Waals surface area (Å²) in [6.07, 6.45) is -1.94. The quantitative estimate of drug-likeness (QED) is 0.629. The highest BCUT2D eigenvalue weighted by Crippen LogP contribution is 2.31. The van der Waals surface area contributed by atoms with Crippen LogP contribution in [-0.2, 0) is 16.1 Å². The molecule has 1 aromatic carbocycles. The Labute approximate surface area is 173 Å². The monoisotopic (exact) mass is 439 g/mol. The molecule has 11 heteroatoms. The number of aliphatic hydroxyl groups excluding tert-OH is 1. The van der Waals surface area contributed by atoms with Crippen LogP contribution >= 0.6 is 11.6 Å². The number of pyridine rings is 1. The molecule has 0 amide bonds. The Bertz CT molecular complexity index is 1080. The first-order chi connectivity index (χ1) is 14.5. The second-order valence-electron chi connectivity index (χ2n) is 7.00. The van der Waals surface area contributed by atoms with Gasteiger partial charge in [0.15, 0.2) is 11.8 Å². The third-order valence-electron chi connectivity index (χ3n) is 5.03. The van der Waals surface area contributed by atoms with Crippen LogP contribution < -0.4 is 9.47 Å². The molecule has 2 fully saturated rings. The number of fused-ring (bicyclic) bond motifs is 2. The maximum absolute atomic E-state index is 13.8. The van der Waals surface area contributed by atoms with Gasteiger partial charge in [0.2, 0.25) is 5.88 Å². The van der Waals surface area contributed by atoms with Gasteiger partial charge in [-0.15, -0.1) is 0 Å². The molecule has 0 aliphatic carbocycles. The molecule has 0 bridgehead atoms. The molecule has 3 aromatic rings. The summed E-state index contributed by atoms with van der Waals surface area (Å²) in [5, 5.41) is 9.95. The van der Waals surface area contributed by atoms with E-state index in [-0.39, 0.29) is 54.0 Å². The minimum atomic E-state index is -0.723. The van der Waals surface area contributed by atoms with E-state index in [1.165, 1.54) is 12.1 Å². The molecule has 2 aromatic heterocycles. The maximum atomic E-state index is 13.8. The Balaban J connectivity index is 1.33. The van der Waals surface area contributed by atoms with Gasteiger partial charge in [-0.25, -0.2) is 8.78 Å². The molecule has 1 unspecified atom stereocenters. The van der Waals surface area contributed by atoms with Gasteiger partial charge < -0.3 is 29.0 Å². The van der Waals surface area contributed by atoms with Crippen LogP contribution in [-0.4, -0.2) is 57.7 Å². The van der Waals surface area contributed by atoms with E-state index in [4.69, 9.17) is 30.5 Å². The highest BCUT2D eigenvalue weighted by molar-refractivity contribution is 6.32. The van der Waals surface area contributed by atoms with E-state index >= 15 is 0 Å². The standard InChI is InChI=1S/C19H16ClF2N3O5/c20-9-4-12-17(24-18(9)29-5-8-10(21)2-1-3-11(8)22)25-19(23-12)30-14-7-28-15-13(26)6-27-16(14)15/h1-4,13-16,26H,5-7H2,(H,23,24,25)/t13-,14-,15-,16?/m1/s1. The first-order valence-corrected chi connectivity index (χ1v) is 9.57. The number of ether oxygens (including phenoxy) is 4. The van der Waals surface area contributed by atoms with Gasteiger partial charge in [0.05, 0.1) is 24.3 Å². The van der Waals surface area contributed by atoms with E-state index in [0.717, 1.165) is 12.1 Å². The Morgan fingerprint density at radius 2 is 1.93 bits per heavy atom. The molecule has 0 spiro atoms. The summed E-state index contributed by atoms with van der Waals surface area (Å²) < 4.78 is 49.8. The number of nitrogens with zero attached hydrogens (tertiary/aromatic N) is 2. The fraction of sp³-hybridized carbons (Fsp3) is 0.368. The van der Waals surface area contributed by atoms with Crippen molar-refractivity contribution in [2.75, 3.05) is 13.2 Å². The normalized spacial score (nSPS) is 25.6. The van der Waals surface area contributed by atoms with Gasteiger partial charge in [0.1, 0.15) is 41.6 Å². The van der Waals surface area contributed by atoms with E-state index < -0.39 is 29.9 Å². The van der Waals surface area contributed by atoms with E-state index in [0.29, 0.717) is 5.52 Å². The molecule has 4 atom stereocenters. The van der Waals surface area contributed by atoms with Gasteiger partial charge in [-0.3, -0.25) is 0 Å². The second kappa shape index (κ2) is 7.62. The summed E-state index contributed by atoms with van der Waals surface area (Å²) in [7, 11) is 0. The SMILES string of the molecule is O[C@@H]1COC2[C@H](Oc3nc4nc(OCc5c(F)cccc5F)c(Cl)cc4[nH]3)CO[C@@H]21. The number of nitrogens with one attached hydrogen (secondary N) is 1. The fourth-order valence-electron chi connectivity index (χ4n) is 3.54. The predicted molar refractivity (Wildman–Crippen MR) is 99.5 cm³/mol. The lowest BCUT2D eigenvalue weighted by molar-refractivity contribution is 0.00706. The van der Waals surface area contributed by atoms with Gasteiger partial charge in [-0.1, -0.05) is 17.7 Å². The van der Waals surface area contributed by atoms with Crippen molar-refractivity contribution in [3.05, 3.63) is 46.5 Å².